The molecular weight excluding hydrogens is 212 g/mol. The topological polar surface area (TPSA) is 17.1 Å². The van der Waals surface area contributed by atoms with E-state index in [1.807, 2.05) is 23.5 Å². The first-order valence-corrected chi connectivity index (χ1v) is 7.39. The average molecular weight is 232 g/mol. The van der Waals surface area contributed by atoms with E-state index in [1.165, 1.54) is 6.42 Å². The third kappa shape index (κ3) is 2.93. The van der Waals surface area contributed by atoms with Gasteiger partial charge in [-0.05, 0) is 30.3 Å². The molecule has 1 rings (SSSR count). The third-order valence-corrected chi connectivity index (χ3v) is 6.10. The van der Waals surface area contributed by atoms with Gasteiger partial charge in [0.2, 0.25) is 0 Å². The van der Waals surface area contributed by atoms with Crippen molar-refractivity contribution in [3.8, 4) is 0 Å². The number of Topliss-reactive ketones (excluding diaryl/α,β-unsaturated/α-hetero) is 1. The number of hydrogen-bond acceptors (Lipinski definition) is 3. The van der Waals surface area contributed by atoms with E-state index in [-0.39, 0.29) is 4.08 Å². The minimum absolute atomic E-state index is 0.0947. The van der Waals surface area contributed by atoms with E-state index in [0.29, 0.717) is 11.7 Å². The maximum Gasteiger partial charge on any atom is 0.159 e. The Balaban J connectivity index is 2.62. The monoisotopic (exact) mass is 232 g/mol. The second-order valence-electron chi connectivity index (χ2n) is 4.18. The van der Waals surface area contributed by atoms with E-state index >= 15 is 0 Å². The summed E-state index contributed by atoms with van der Waals surface area (Å²) in [6.07, 6.45) is 2.98. The predicted molar refractivity (Wildman–Crippen MR) is 67.0 cm³/mol. The molecule has 0 aromatic carbocycles. The summed E-state index contributed by atoms with van der Waals surface area (Å²) >= 11 is 3.75. The molecule has 1 fully saturated rings. The largest absolute Gasteiger partial charge is 0.297 e. The smallest absolute Gasteiger partial charge is 0.159 e. The van der Waals surface area contributed by atoms with Gasteiger partial charge in [0.25, 0.3) is 0 Å². The van der Waals surface area contributed by atoms with Crippen LogP contribution in [0, 0.1) is 5.92 Å². The highest BCUT2D eigenvalue weighted by Crippen LogP contribution is 2.46. The summed E-state index contributed by atoms with van der Waals surface area (Å²) in [6, 6.07) is 0. The molecular formula is C11H20OS2. The van der Waals surface area contributed by atoms with E-state index in [0.717, 1.165) is 24.3 Å². The van der Waals surface area contributed by atoms with Crippen LogP contribution in [0.1, 0.15) is 40.0 Å². The van der Waals surface area contributed by atoms with Crippen molar-refractivity contribution in [2.45, 2.75) is 44.1 Å². The fourth-order valence-electron chi connectivity index (χ4n) is 1.66. The molecule has 0 N–H and O–H groups in total. The van der Waals surface area contributed by atoms with Gasteiger partial charge in [-0.15, -0.1) is 23.5 Å². The summed E-state index contributed by atoms with van der Waals surface area (Å²) in [4.78, 5) is 12.1. The standard InChI is InChI=1S/C11H20OS2/c1-4-11(10(12)8-9(2)3)13-6-5-7-14-11/h9H,4-8H2,1-3H3. The van der Waals surface area contributed by atoms with Crippen molar-refractivity contribution in [2.24, 2.45) is 5.92 Å². The van der Waals surface area contributed by atoms with Gasteiger partial charge in [-0.1, -0.05) is 20.8 Å². The van der Waals surface area contributed by atoms with Crippen molar-refractivity contribution < 1.29 is 4.79 Å². The van der Waals surface area contributed by atoms with Gasteiger partial charge in [0, 0.05) is 6.42 Å². The number of thioether (sulfide) groups is 2. The quantitative estimate of drug-likeness (QED) is 0.737. The lowest BCUT2D eigenvalue weighted by Crippen LogP contribution is -2.34. The van der Waals surface area contributed by atoms with Gasteiger partial charge < -0.3 is 0 Å². The van der Waals surface area contributed by atoms with Gasteiger partial charge in [0.15, 0.2) is 5.78 Å². The summed E-state index contributed by atoms with van der Waals surface area (Å²) in [6.45, 7) is 6.39. The van der Waals surface area contributed by atoms with Crippen LogP contribution in [0.5, 0.6) is 0 Å². The molecule has 0 spiro atoms. The minimum atomic E-state index is -0.0947. The van der Waals surface area contributed by atoms with E-state index < -0.39 is 0 Å². The number of carbonyl (C=O) groups is 1. The van der Waals surface area contributed by atoms with Crippen LogP contribution < -0.4 is 0 Å². The lowest BCUT2D eigenvalue weighted by molar-refractivity contribution is -0.120. The van der Waals surface area contributed by atoms with Gasteiger partial charge in [0.1, 0.15) is 4.08 Å². The average Bonchev–Trinajstić information content (AvgIpc) is 2.18. The number of hydrogen-bond donors (Lipinski definition) is 0. The lowest BCUT2D eigenvalue weighted by atomic mass is 10.0. The van der Waals surface area contributed by atoms with Gasteiger partial charge in [-0.2, -0.15) is 0 Å². The van der Waals surface area contributed by atoms with Crippen molar-refractivity contribution in [2.75, 3.05) is 11.5 Å². The highest BCUT2D eigenvalue weighted by atomic mass is 32.2. The molecule has 82 valence electrons. The first-order valence-electron chi connectivity index (χ1n) is 5.42. The Kier molecular flexibility index (Phi) is 4.84. The molecule has 1 aliphatic heterocycles. The summed E-state index contributed by atoms with van der Waals surface area (Å²) < 4.78 is -0.0947. The highest BCUT2D eigenvalue weighted by molar-refractivity contribution is 8.19. The first kappa shape index (κ1) is 12.4. The second kappa shape index (κ2) is 5.45. The Labute approximate surface area is 95.8 Å². The molecule has 0 unspecified atom stereocenters. The van der Waals surface area contributed by atoms with Crippen molar-refractivity contribution >= 4 is 29.3 Å². The molecule has 14 heavy (non-hydrogen) atoms. The number of rotatable bonds is 4. The zero-order chi connectivity index (χ0) is 10.6. The molecule has 0 amide bonds. The van der Waals surface area contributed by atoms with Gasteiger partial charge in [0.05, 0.1) is 0 Å². The van der Waals surface area contributed by atoms with Gasteiger partial charge >= 0.3 is 0 Å². The third-order valence-electron chi connectivity index (χ3n) is 2.44. The van der Waals surface area contributed by atoms with Crippen molar-refractivity contribution in [3.63, 3.8) is 0 Å². The molecule has 1 nitrogen and oxygen atoms in total. The molecule has 1 saturated heterocycles. The van der Waals surface area contributed by atoms with Crippen LogP contribution in [-0.4, -0.2) is 21.4 Å². The highest BCUT2D eigenvalue weighted by Gasteiger charge is 2.38. The van der Waals surface area contributed by atoms with E-state index in [4.69, 9.17) is 0 Å². The van der Waals surface area contributed by atoms with Crippen LogP contribution in [0.25, 0.3) is 0 Å². The molecule has 0 bridgehead atoms. The normalized spacial score (nSPS) is 21.1. The lowest BCUT2D eigenvalue weighted by Gasteiger charge is -2.34. The molecule has 0 radical (unpaired) electrons. The fraction of sp³-hybridized carbons (Fsp3) is 0.909. The SMILES string of the molecule is CCC1(C(=O)CC(C)C)SCCCS1. The fourth-order valence-corrected chi connectivity index (χ4v) is 4.81. The number of carbonyl (C=O) groups excluding carboxylic acids is 1. The Morgan fingerprint density at radius 3 is 2.36 bits per heavy atom. The molecule has 1 aliphatic rings. The van der Waals surface area contributed by atoms with Crippen LogP contribution in [0.15, 0.2) is 0 Å². The Morgan fingerprint density at radius 1 is 1.36 bits per heavy atom. The van der Waals surface area contributed by atoms with E-state index in [9.17, 15) is 4.79 Å². The molecule has 3 heteroatoms. The summed E-state index contributed by atoms with van der Waals surface area (Å²) in [7, 11) is 0. The molecule has 0 aromatic rings. The molecule has 0 aliphatic carbocycles. The van der Waals surface area contributed by atoms with Crippen LogP contribution in [0.4, 0.5) is 0 Å². The van der Waals surface area contributed by atoms with Crippen molar-refractivity contribution in [3.05, 3.63) is 0 Å². The first-order chi connectivity index (χ1) is 6.60. The Hall–Kier alpha value is 0.370. The Morgan fingerprint density at radius 2 is 1.93 bits per heavy atom. The molecule has 0 aromatic heterocycles. The summed E-state index contributed by atoms with van der Waals surface area (Å²) in [5, 5.41) is 0. The van der Waals surface area contributed by atoms with Gasteiger partial charge in [-0.25, -0.2) is 0 Å². The van der Waals surface area contributed by atoms with Crippen LogP contribution in [0.3, 0.4) is 0 Å². The Bertz CT molecular complexity index is 195. The number of ketones is 1. The maximum atomic E-state index is 12.1. The van der Waals surface area contributed by atoms with Crippen LogP contribution in [-0.2, 0) is 4.79 Å². The predicted octanol–water partition coefficient (Wildman–Crippen LogP) is 3.58. The van der Waals surface area contributed by atoms with Crippen molar-refractivity contribution in [1.29, 1.82) is 0 Å². The zero-order valence-electron chi connectivity index (χ0n) is 9.34. The van der Waals surface area contributed by atoms with Crippen LogP contribution >= 0.6 is 23.5 Å². The zero-order valence-corrected chi connectivity index (χ0v) is 11.0. The van der Waals surface area contributed by atoms with Crippen molar-refractivity contribution in [1.82, 2.24) is 0 Å². The molecule has 0 atom stereocenters. The summed E-state index contributed by atoms with van der Waals surface area (Å²) in [5.74, 6) is 3.27. The van der Waals surface area contributed by atoms with Crippen LogP contribution in [0.2, 0.25) is 0 Å². The van der Waals surface area contributed by atoms with Gasteiger partial charge in [-0.3, -0.25) is 4.79 Å². The minimum Gasteiger partial charge on any atom is -0.297 e. The molecule has 0 saturated carbocycles. The molecule has 1 heterocycles. The maximum absolute atomic E-state index is 12.1. The van der Waals surface area contributed by atoms with E-state index in [2.05, 4.69) is 20.8 Å². The second-order valence-corrected chi connectivity index (χ2v) is 7.22. The summed E-state index contributed by atoms with van der Waals surface area (Å²) in [5.41, 5.74) is 0. The van der Waals surface area contributed by atoms with E-state index in [1.54, 1.807) is 0 Å².